The lowest BCUT2D eigenvalue weighted by molar-refractivity contribution is -0.904. The fourth-order valence-corrected chi connectivity index (χ4v) is 3.62. The van der Waals surface area contributed by atoms with Gasteiger partial charge in [0.1, 0.15) is 0 Å². The Morgan fingerprint density at radius 3 is 2.84 bits per heavy atom. The number of fused-ring (bicyclic) bond motifs is 2. The Labute approximate surface area is 146 Å². The molecule has 1 unspecified atom stereocenters. The molecule has 0 radical (unpaired) electrons. The van der Waals surface area contributed by atoms with Crippen molar-refractivity contribution in [3.8, 4) is 17.2 Å². The minimum atomic E-state index is -0.367. The van der Waals surface area contributed by atoms with E-state index in [2.05, 4.69) is 5.32 Å². The molecule has 0 bridgehead atoms. The maximum absolute atomic E-state index is 13.0. The van der Waals surface area contributed by atoms with Crippen molar-refractivity contribution < 1.29 is 23.9 Å². The summed E-state index contributed by atoms with van der Waals surface area (Å²) in [5, 5.41) is 3.01. The van der Waals surface area contributed by atoms with Gasteiger partial charge < -0.3 is 24.4 Å². The van der Waals surface area contributed by atoms with Gasteiger partial charge in [-0.15, -0.1) is 0 Å². The first kappa shape index (κ1) is 15.8. The Bertz CT molecular complexity index is 807. The van der Waals surface area contributed by atoms with Gasteiger partial charge in [0.05, 0.1) is 26.3 Å². The standard InChI is InChI=1S/C19H20N2O4/c1-21-9-8-12-10-14-17(25-11-24-14)18(23-2)15(12)16(21)19(22)20-13-6-4-3-5-7-13/h3-7,10,16H,8-9,11H2,1-2H3,(H,20,22)/p+1/t16-/m0/s1. The number of hydrogen-bond donors (Lipinski definition) is 2. The third-order valence-corrected chi connectivity index (χ3v) is 4.82. The Balaban J connectivity index is 1.76. The smallest absolute Gasteiger partial charge is 0.287 e. The fraction of sp³-hybridized carbons (Fsp3) is 0.316. The number of carbonyl (C=O) groups is 1. The summed E-state index contributed by atoms with van der Waals surface area (Å²) in [7, 11) is 3.63. The minimum absolute atomic E-state index is 0.0539. The van der Waals surface area contributed by atoms with Crippen LogP contribution < -0.4 is 24.4 Å². The molecule has 25 heavy (non-hydrogen) atoms. The molecule has 2 aliphatic rings. The SMILES string of the molecule is COc1c2c(cc3c1[C@@H](C(=O)Nc1ccccc1)[NH+](C)CC3)OCO2. The van der Waals surface area contributed by atoms with Crippen LogP contribution in [0.3, 0.4) is 0 Å². The van der Waals surface area contributed by atoms with Gasteiger partial charge in [-0.05, 0) is 23.8 Å². The molecule has 2 aromatic carbocycles. The molecule has 2 aromatic rings. The van der Waals surface area contributed by atoms with Gasteiger partial charge in [0.15, 0.2) is 17.5 Å². The lowest BCUT2D eigenvalue weighted by Crippen LogP contribution is -3.11. The third kappa shape index (κ3) is 2.68. The zero-order chi connectivity index (χ0) is 17.4. The van der Waals surface area contributed by atoms with Gasteiger partial charge in [-0.2, -0.15) is 0 Å². The number of ether oxygens (including phenoxy) is 3. The van der Waals surface area contributed by atoms with Crippen molar-refractivity contribution in [2.75, 3.05) is 32.8 Å². The van der Waals surface area contributed by atoms with Gasteiger partial charge >= 0.3 is 0 Å². The van der Waals surface area contributed by atoms with Gasteiger partial charge in [-0.25, -0.2) is 0 Å². The van der Waals surface area contributed by atoms with Gasteiger partial charge in [0.25, 0.3) is 5.91 Å². The zero-order valence-electron chi connectivity index (χ0n) is 14.3. The average Bonchev–Trinajstić information content (AvgIpc) is 3.08. The van der Waals surface area contributed by atoms with Crippen molar-refractivity contribution in [1.82, 2.24) is 0 Å². The summed E-state index contributed by atoms with van der Waals surface area (Å²) in [6, 6.07) is 11.1. The molecule has 1 amide bonds. The molecule has 0 saturated heterocycles. The highest BCUT2D eigenvalue weighted by molar-refractivity contribution is 5.95. The predicted octanol–water partition coefficient (Wildman–Crippen LogP) is 1.17. The van der Waals surface area contributed by atoms with Crippen LogP contribution in [0.15, 0.2) is 36.4 Å². The monoisotopic (exact) mass is 341 g/mol. The van der Waals surface area contributed by atoms with Crippen LogP contribution in [0.5, 0.6) is 17.2 Å². The average molecular weight is 341 g/mol. The predicted molar refractivity (Wildman–Crippen MR) is 92.4 cm³/mol. The first-order valence-corrected chi connectivity index (χ1v) is 8.36. The molecule has 0 spiro atoms. The molecule has 4 rings (SSSR count). The van der Waals surface area contributed by atoms with E-state index in [1.54, 1.807) is 7.11 Å². The number of benzene rings is 2. The van der Waals surface area contributed by atoms with Crippen LogP contribution in [0.25, 0.3) is 0 Å². The zero-order valence-corrected chi connectivity index (χ0v) is 14.3. The topological polar surface area (TPSA) is 61.2 Å². The van der Waals surface area contributed by atoms with Crippen molar-refractivity contribution in [2.45, 2.75) is 12.5 Å². The molecule has 0 fully saturated rings. The third-order valence-electron chi connectivity index (χ3n) is 4.82. The minimum Gasteiger partial charge on any atom is -0.492 e. The van der Waals surface area contributed by atoms with E-state index in [-0.39, 0.29) is 18.7 Å². The second kappa shape index (κ2) is 6.29. The van der Waals surface area contributed by atoms with E-state index in [0.717, 1.165) is 34.7 Å². The molecule has 2 atom stereocenters. The summed E-state index contributed by atoms with van der Waals surface area (Å²) in [6.07, 6.45) is 0.864. The normalized spacial score (nSPS) is 20.7. The van der Waals surface area contributed by atoms with Gasteiger partial charge in [-0.1, -0.05) is 18.2 Å². The molecule has 6 nitrogen and oxygen atoms in total. The van der Waals surface area contributed by atoms with E-state index in [1.165, 1.54) is 0 Å². The van der Waals surface area contributed by atoms with E-state index in [4.69, 9.17) is 14.2 Å². The molecule has 0 saturated carbocycles. The Morgan fingerprint density at radius 2 is 2.08 bits per heavy atom. The number of rotatable bonds is 3. The van der Waals surface area contributed by atoms with Crippen molar-refractivity contribution in [2.24, 2.45) is 0 Å². The van der Waals surface area contributed by atoms with Crippen molar-refractivity contribution in [1.29, 1.82) is 0 Å². The number of nitrogens with one attached hydrogen (secondary N) is 2. The summed E-state index contributed by atoms with van der Waals surface area (Å²) in [5.74, 6) is 1.84. The molecule has 2 aliphatic heterocycles. The first-order valence-electron chi connectivity index (χ1n) is 8.36. The summed E-state index contributed by atoms with van der Waals surface area (Å²) in [4.78, 5) is 14.2. The summed E-state index contributed by atoms with van der Waals surface area (Å²) < 4.78 is 16.7. The van der Waals surface area contributed by atoms with Crippen LogP contribution in [0.4, 0.5) is 5.69 Å². The van der Waals surface area contributed by atoms with Crippen molar-refractivity contribution in [3.63, 3.8) is 0 Å². The lowest BCUT2D eigenvalue weighted by Gasteiger charge is -2.32. The summed E-state index contributed by atoms with van der Waals surface area (Å²) in [6.45, 7) is 1.04. The summed E-state index contributed by atoms with van der Waals surface area (Å²) >= 11 is 0. The lowest BCUT2D eigenvalue weighted by atomic mass is 9.90. The molecule has 130 valence electrons. The van der Waals surface area contributed by atoms with E-state index in [1.807, 2.05) is 43.4 Å². The highest BCUT2D eigenvalue weighted by Gasteiger charge is 2.40. The Hall–Kier alpha value is -2.73. The molecular formula is C19H21N2O4+. The number of amides is 1. The van der Waals surface area contributed by atoms with E-state index in [9.17, 15) is 4.79 Å². The first-order chi connectivity index (χ1) is 12.2. The van der Waals surface area contributed by atoms with Crippen LogP contribution >= 0.6 is 0 Å². The number of anilines is 1. The van der Waals surface area contributed by atoms with E-state index in [0.29, 0.717) is 17.2 Å². The number of quaternary nitrogens is 1. The molecular weight excluding hydrogens is 320 g/mol. The molecule has 0 aromatic heterocycles. The molecule has 0 aliphatic carbocycles. The number of hydrogen-bond acceptors (Lipinski definition) is 4. The molecule has 2 N–H and O–H groups in total. The number of likely N-dealkylation sites (N-methyl/N-ethyl adjacent to an activating group) is 1. The number of methoxy groups -OCH3 is 1. The maximum atomic E-state index is 13.0. The number of carbonyl (C=O) groups excluding carboxylic acids is 1. The van der Waals surface area contributed by atoms with Crippen molar-refractivity contribution in [3.05, 3.63) is 47.5 Å². The van der Waals surface area contributed by atoms with Crippen LogP contribution in [0.1, 0.15) is 17.2 Å². The largest absolute Gasteiger partial charge is 0.492 e. The number of para-hydroxylation sites is 1. The fourth-order valence-electron chi connectivity index (χ4n) is 3.62. The van der Waals surface area contributed by atoms with Crippen LogP contribution in [-0.4, -0.2) is 33.4 Å². The highest BCUT2D eigenvalue weighted by Crippen LogP contribution is 2.47. The van der Waals surface area contributed by atoms with Crippen LogP contribution in [0, 0.1) is 0 Å². The van der Waals surface area contributed by atoms with Gasteiger partial charge in [-0.3, -0.25) is 4.79 Å². The Kier molecular flexibility index (Phi) is 3.97. The van der Waals surface area contributed by atoms with E-state index >= 15 is 0 Å². The van der Waals surface area contributed by atoms with Gasteiger partial charge in [0, 0.05) is 12.1 Å². The second-order valence-corrected chi connectivity index (χ2v) is 6.35. The van der Waals surface area contributed by atoms with Crippen LogP contribution in [-0.2, 0) is 11.2 Å². The van der Waals surface area contributed by atoms with Crippen molar-refractivity contribution >= 4 is 11.6 Å². The van der Waals surface area contributed by atoms with E-state index < -0.39 is 0 Å². The quantitative estimate of drug-likeness (QED) is 0.880. The molecule has 6 heteroatoms. The van der Waals surface area contributed by atoms with Crippen LogP contribution in [0.2, 0.25) is 0 Å². The second-order valence-electron chi connectivity index (χ2n) is 6.35. The Morgan fingerprint density at radius 1 is 1.28 bits per heavy atom. The maximum Gasteiger partial charge on any atom is 0.287 e. The highest BCUT2D eigenvalue weighted by atomic mass is 16.7. The van der Waals surface area contributed by atoms with Gasteiger partial charge in [0.2, 0.25) is 12.5 Å². The summed E-state index contributed by atoms with van der Waals surface area (Å²) in [5.41, 5.74) is 2.76. The molecule has 2 heterocycles.